The number of hydrogen-bond acceptors (Lipinski definition) is 2. The highest BCUT2D eigenvalue weighted by Crippen LogP contribution is 2.33. The van der Waals surface area contributed by atoms with Gasteiger partial charge in [-0.1, -0.05) is 11.6 Å². The van der Waals surface area contributed by atoms with Crippen molar-refractivity contribution < 1.29 is 22.4 Å². The number of amides is 1. The Kier molecular flexibility index (Phi) is 5.10. The molecule has 2 aromatic carbocycles. The van der Waals surface area contributed by atoms with Crippen LogP contribution in [0.3, 0.4) is 0 Å². The maximum atomic E-state index is 12.7. The summed E-state index contributed by atoms with van der Waals surface area (Å²) in [5.41, 5.74) is -0.507. The molecular weight excluding hydrogens is 336 g/mol. The van der Waals surface area contributed by atoms with Gasteiger partial charge in [-0.25, -0.2) is 4.39 Å². The van der Waals surface area contributed by atoms with E-state index < -0.39 is 23.5 Å². The molecule has 122 valence electrons. The van der Waals surface area contributed by atoms with Crippen LogP contribution in [0.5, 0.6) is 0 Å². The molecule has 0 fully saturated rings. The average molecular weight is 347 g/mol. The van der Waals surface area contributed by atoms with Crippen LogP contribution in [0, 0.1) is 5.82 Å². The van der Waals surface area contributed by atoms with Gasteiger partial charge in [-0.05, 0) is 42.5 Å². The second-order valence-corrected chi connectivity index (χ2v) is 5.01. The van der Waals surface area contributed by atoms with E-state index in [1.807, 2.05) is 0 Å². The van der Waals surface area contributed by atoms with Crippen molar-refractivity contribution >= 4 is 28.9 Å². The fraction of sp³-hybridized carbons (Fsp3) is 0.133. The molecule has 2 aromatic rings. The van der Waals surface area contributed by atoms with Crippen molar-refractivity contribution in [3.63, 3.8) is 0 Å². The summed E-state index contributed by atoms with van der Waals surface area (Å²) in [6.07, 6.45) is -4.50. The van der Waals surface area contributed by atoms with E-state index in [1.54, 1.807) is 0 Å². The van der Waals surface area contributed by atoms with E-state index in [4.69, 9.17) is 11.6 Å². The summed E-state index contributed by atoms with van der Waals surface area (Å²) in [6, 6.07) is 7.86. The first-order valence-electron chi connectivity index (χ1n) is 6.42. The largest absolute Gasteiger partial charge is 0.416 e. The molecule has 0 atom stereocenters. The molecule has 0 radical (unpaired) electrons. The number of alkyl halides is 3. The Morgan fingerprint density at radius 3 is 2.35 bits per heavy atom. The van der Waals surface area contributed by atoms with Crippen molar-refractivity contribution in [2.45, 2.75) is 6.18 Å². The lowest BCUT2D eigenvalue weighted by molar-refractivity contribution is -0.137. The summed E-state index contributed by atoms with van der Waals surface area (Å²) in [4.78, 5) is 11.7. The van der Waals surface area contributed by atoms with Gasteiger partial charge in [-0.3, -0.25) is 4.79 Å². The van der Waals surface area contributed by atoms with Crippen molar-refractivity contribution in [1.29, 1.82) is 0 Å². The number of rotatable bonds is 4. The zero-order valence-electron chi connectivity index (χ0n) is 11.5. The lowest BCUT2D eigenvalue weighted by Crippen LogP contribution is -2.22. The molecule has 0 saturated carbocycles. The molecule has 3 nitrogen and oxygen atoms in total. The Hall–Kier alpha value is -2.28. The molecule has 0 aliphatic carbocycles. The number of halogens is 5. The SMILES string of the molecule is O=C(CNc1cc(C(F)(F)F)ccc1Cl)Nc1ccc(F)cc1. The maximum Gasteiger partial charge on any atom is 0.416 e. The monoisotopic (exact) mass is 346 g/mol. The van der Waals surface area contributed by atoms with Crippen LogP contribution >= 0.6 is 11.6 Å². The van der Waals surface area contributed by atoms with E-state index in [1.165, 1.54) is 24.3 Å². The molecule has 0 saturated heterocycles. The fourth-order valence-corrected chi connectivity index (χ4v) is 1.94. The minimum absolute atomic E-state index is 0.00394. The Labute approximate surface area is 134 Å². The lowest BCUT2D eigenvalue weighted by atomic mass is 10.2. The predicted molar refractivity (Wildman–Crippen MR) is 80.0 cm³/mol. The first-order valence-corrected chi connectivity index (χ1v) is 6.79. The van der Waals surface area contributed by atoms with Crippen LogP contribution in [0.25, 0.3) is 0 Å². The minimum Gasteiger partial charge on any atom is -0.375 e. The lowest BCUT2D eigenvalue weighted by Gasteiger charge is -2.12. The van der Waals surface area contributed by atoms with Crippen LogP contribution in [0.1, 0.15) is 5.56 Å². The second-order valence-electron chi connectivity index (χ2n) is 4.60. The number of nitrogens with one attached hydrogen (secondary N) is 2. The topological polar surface area (TPSA) is 41.1 Å². The van der Waals surface area contributed by atoms with Gasteiger partial charge in [0, 0.05) is 5.69 Å². The molecule has 0 aliphatic rings. The summed E-state index contributed by atoms with van der Waals surface area (Å²) in [7, 11) is 0. The summed E-state index contributed by atoms with van der Waals surface area (Å²) in [5, 5.41) is 5.07. The molecule has 2 N–H and O–H groups in total. The van der Waals surface area contributed by atoms with E-state index in [2.05, 4.69) is 10.6 Å². The second kappa shape index (κ2) is 6.87. The smallest absolute Gasteiger partial charge is 0.375 e. The van der Waals surface area contributed by atoms with Crippen molar-refractivity contribution in [2.75, 3.05) is 17.2 Å². The molecule has 0 heterocycles. The van der Waals surface area contributed by atoms with Gasteiger partial charge < -0.3 is 10.6 Å². The van der Waals surface area contributed by atoms with E-state index in [-0.39, 0.29) is 17.3 Å². The molecular formula is C15H11ClF4N2O. The molecule has 8 heteroatoms. The first-order chi connectivity index (χ1) is 10.8. The zero-order chi connectivity index (χ0) is 17.0. The molecule has 0 aromatic heterocycles. The van der Waals surface area contributed by atoms with Gasteiger partial charge in [0.2, 0.25) is 5.91 Å². The third kappa shape index (κ3) is 4.85. The summed E-state index contributed by atoms with van der Waals surface area (Å²) in [6.45, 7) is -0.293. The minimum atomic E-state index is -4.50. The van der Waals surface area contributed by atoms with Gasteiger partial charge >= 0.3 is 6.18 Å². The van der Waals surface area contributed by atoms with Gasteiger partial charge in [0.25, 0.3) is 0 Å². The Morgan fingerprint density at radius 2 is 1.74 bits per heavy atom. The van der Waals surface area contributed by atoms with Crippen LogP contribution in [0.2, 0.25) is 5.02 Å². The van der Waals surface area contributed by atoms with Crippen LogP contribution in [-0.4, -0.2) is 12.5 Å². The van der Waals surface area contributed by atoms with Crippen molar-refractivity contribution in [3.05, 3.63) is 58.9 Å². The Morgan fingerprint density at radius 1 is 1.09 bits per heavy atom. The van der Waals surface area contributed by atoms with E-state index in [0.717, 1.165) is 18.2 Å². The number of benzene rings is 2. The Bertz CT molecular complexity index is 702. The molecule has 0 unspecified atom stereocenters. The quantitative estimate of drug-likeness (QED) is 0.797. The molecule has 23 heavy (non-hydrogen) atoms. The van der Waals surface area contributed by atoms with E-state index >= 15 is 0 Å². The molecule has 0 bridgehead atoms. The van der Waals surface area contributed by atoms with Crippen molar-refractivity contribution in [1.82, 2.24) is 0 Å². The van der Waals surface area contributed by atoms with Crippen LogP contribution < -0.4 is 10.6 Å². The Balaban J connectivity index is 2.00. The number of carbonyl (C=O) groups excluding carboxylic acids is 1. The average Bonchev–Trinajstić information content (AvgIpc) is 2.47. The van der Waals surface area contributed by atoms with Gasteiger partial charge in [0.1, 0.15) is 5.82 Å². The summed E-state index contributed by atoms with van der Waals surface area (Å²) >= 11 is 5.80. The highest BCUT2D eigenvalue weighted by molar-refractivity contribution is 6.33. The zero-order valence-corrected chi connectivity index (χ0v) is 12.3. The summed E-state index contributed by atoms with van der Waals surface area (Å²) in [5.74, 6) is -0.957. The van der Waals surface area contributed by atoms with Crippen molar-refractivity contribution in [3.8, 4) is 0 Å². The molecule has 0 aliphatic heterocycles. The van der Waals surface area contributed by atoms with E-state index in [0.29, 0.717) is 5.69 Å². The number of hydrogen-bond donors (Lipinski definition) is 2. The standard InChI is InChI=1S/C15H11ClF4N2O/c16-12-6-1-9(15(18,19)20)7-13(12)21-8-14(23)22-11-4-2-10(17)3-5-11/h1-7,21H,8H2,(H,22,23). The van der Waals surface area contributed by atoms with E-state index in [9.17, 15) is 22.4 Å². The predicted octanol–water partition coefficient (Wildman–Crippen LogP) is 4.55. The van der Waals surface area contributed by atoms with Gasteiger partial charge in [-0.2, -0.15) is 13.2 Å². The van der Waals surface area contributed by atoms with Crippen LogP contribution in [-0.2, 0) is 11.0 Å². The highest BCUT2D eigenvalue weighted by Gasteiger charge is 2.30. The maximum absolute atomic E-state index is 12.7. The fourth-order valence-electron chi connectivity index (χ4n) is 1.75. The van der Waals surface area contributed by atoms with Gasteiger partial charge in [-0.15, -0.1) is 0 Å². The molecule has 2 rings (SSSR count). The van der Waals surface area contributed by atoms with Crippen LogP contribution in [0.15, 0.2) is 42.5 Å². The van der Waals surface area contributed by atoms with Crippen LogP contribution in [0.4, 0.5) is 28.9 Å². The summed E-state index contributed by atoms with van der Waals surface area (Å²) < 4.78 is 50.7. The third-order valence-electron chi connectivity index (χ3n) is 2.86. The molecule has 1 amide bonds. The van der Waals surface area contributed by atoms with Crippen molar-refractivity contribution in [2.24, 2.45) is 0 Å². The van der Waals surface area contributed by atoms with Gasteiger partial charge in [0.05, 0.1) is 22.8 Å². The normalized spacial score (nSPS) is 11.2. The molecule has 0 spiro atoms. The number of carbonyl (C=O) groups is 1. The number of anilines is 2. The third-order valence-corrected chi connectivity index (χ3v) is 3.19. The first kappa shape index (κ1) is 17.1. The van der Waals surface area contributed by atoms with Gasteiger partial charge in [0.15, 0.2) is 0 Å². The highest BCUT2D eigenvalue weighted by atomic mass is 35.5.